The van der Waals surface area contributed by atoms with E-state index in [1.807, 2.05) is 11.3 Å². The van der Waals surface area contributed by atoms with Crippen LogP contribution in [0.15, 0.2) is 29.6 Å². The highest BCUT2D eigenvalue weighted by Crippen LogP contribution is 2.26. The van der Waals surface area contributed by atoms with Crippen LogP contribution in [0.4, 0.5) is 0 Å². The van der Waals surface area contributed by atoms with E-state index in [1.165, 1.54) is 15.6 Å². The molecular formula is C14H19NS. The van der Waals surface area contributed by atoms with Crippen molar-refractivity contribution in [2.45, 2.75) is 32.7 Å². The molecule has 1 atom stereocenters. The van der Waals surface area contributed by atoms with Crippen molar-refractivity contribution in [2.24, 2.45) is 11.7 Å². The lowest BCUT2D eigenvalue weighted by molar-refractivity contribution is 0.465. The summed E-state index contributed by atoms with van der Waals surface area (Å²) in [4.78, 5) is 0. The Hall–Kier alpha value is -0.860. The number of nitrogens with two attached hydrogens (primary N) is 1. The fourth-order valence-corrected chi connectivity index (χ4v) is 2.85. The maximum Gasteiger partial charge on any atom is 0.0374 e. The first kappa shape index (κ1) is 11.6. The summed E-state index contributed by atoms with van der Waals surface area (Å²) in [5.74, 6) is 0.572. The van der Waals surface area contributed by atoms with Crippen LogP contribution in [0.25, 0.3) is 10.1 Å². The molecule has 1 aromatic heterocycles. The largest absolute Gasteiger partial charge is 0.327 e. The molecule has 1 unspecified atom stereocenters. The molecule has 0 bridgehead atoms. The first-order valence-corrected chi connectivity index (χ1v) is 6.77. The molecule has 0 radical (unpaired) electrons. The molecule has 1 heterocycles. The van der Waals surface area contributed by atoms with Gasteiger partial charge in [-0.25, -0.2) is 0 Å². The molecule has 0 aliphatic heterocycles. The van der Waals surface area contributed by atoms with E-state index < -0.39 is 0 Å². The Morgan fingerprint density at radius 1 is 1.25 bits per heavy atom. The number of hydrogen-bond acceptors (Lipinski definition) is 2. The van der Waals surface area contributed by atoms with Crippen LogP contribution < -0.4 is 5.73 Å². The molecule has 2 heteroatoms. The van der Waals surface area contributed by atoms with Gasteiger partial charge >= 0.3 is 0 Å². The third-order valence-electron chi connectivity index (χ3n) is 3.16. The summed E-state index contributed by atoms with van der Waals surface area (Å²) >= 11 is 1.83. The van der Waals surface area contributed by atoms with E-state index in [1.54, 1.807) is 0 Å². The van der Waals surface area contributed by atoms with E-state index in [-0.39, 0.29) is 0 Å². The lowest BCUT2D eigenvalue weighted by atomic mass is 9.97. The zero-order valence-electron chi connectivity index (χ0n) is 9.94. The van der Waals surface area contributed by atoms with Crippen LogP contribution in [0.1, 0.15) is 25.8 Å². The van der Waals surface area contributed by atoms with Gasteiger partial charge in [0.15, 0.2) is 0 Å². The molecule has 0 aliphatic carbocycles. The number of fused-ring (bicyclic) bond motifs is 1. The third kappa shape index (κ3) is 2.45. The average molecular weight is 233 g/mol. The molecule has 2 N–H and O–H groups in total. The second-order valence-corrected chi connectivity index (χ2v) is 5.62. The maximum absolute atomic E-state index is 6.09. The minimum absolute atomic E-state index is 0.315. The van der Waals surface area contributed by atoms with Gasteiger partial charge in [-0.3, -0.25) is 0 Å². The van der Waals surface area contributed by atoms with Gasteiger partial charge in [0, 0.05) is 10.7 Å². The molecule has 86 valence electrons. The van der Waals surface area contributed by atoms with Crippen molar-refractivity contribution < 1.29 is 0 Å². The van der Waals surface area contributed by atoms with Crippen molar-refractivity contribution in [3.63, 3.8) is 0 Å². The summed E-state index contributed by atoms with van der Waals surface area (Å²) in [7, 11) is 0. The molecule has 2 aromatic rings. The highest BCUT2D eigenvalue weighted by Gasteiger charge is 2.09. The highest BCUT2D eigenvalue weighted by molar-refractivity contribution is 7.17. The van der Waals surface area contributed by atoms with E-state index in [2.05, 4.69) is 43.5 Å². The lowest BCUT2D eigenvalue weighted by Crippen LogP contribution is -2.26. The highest BCUT2D eigenvalue weighted by atomic mass is 32.1. The van der Waals surface area contributed by atoms with E-state index in [0.29, 0.717) is 12.0 Å². The van der Waals surface area contributed by atoms with Gasteiger partial charge in [-0.2, -0.15) is 0 Å². The molecule has 1 nitrogen and oxygen atoms in total. The topological polar surface area (TPSA) is 26.0 Å². The Morgan fingerprint density at radius 3 is 2.81 bits per heavy atom. The summed E-state index contributed by atoms with van der Waals surface area (Å²) < 4.78 is 1.43. The standard InChI is InChI=1S/C14H19NS/c1-10(2)13(15)7-6-11-4-3-5-12-8-9-16-14(11)12/h3-5,8-10,13H,6-7,15H2,1-2H3. The van der Waals surface area contributed by atoms with Gasteiger partial charge in [-0.1, -0.05) is 32.0 Å². The smallest absolute Gasteiger partial charge is 0.0374 e. The number of aryl methyl sites for hydroxylation is 1. The van der Waals surface area contributed by atoms with Gasteiger partial charge in [-0.15, -0.1) is 11.3 Å². The SMILES string of the molecule is CC(C)C(N)CCc1cccc2ccsc12. The van der Waals surface area contributed by atoms with Gasteiger partial charge in [0.1, 0.15) is 0 Å². The van der Waals surface area contributed by atoms with Gasteiger partial charge < -0.3 is 5.73 Å². The molecule has 0 amide bonds. The van der Waals surface area contributed by atoms with Crippen molar-refractivity contribution >= 4 is 21.4 Å². The quantitative estimate of drug-likeness (QED) is 0.853. The second kappa shape index (κ2) is 4.98. The molecule has 0 aliphatic rings. The van der Waals surface area contributed by atoms with E-state index in [9.17, 15) is 0 Å². The van der Waals surface area contributed by atoms with Crippen molar-refractivity contribution in [1.29, 1.82) is 0 Å². The maximum atomic E-state index is 6.09. The monoisotopic (exact) mass is 233 g/mol. The van der Waals surface area contributed by atoms with Crippen LogP contribution in [0.3, 0.4) is 0 Å². The molecular weight excluding hydrogens is 214 g/mol. The Bertz CT molecular complexity index is 458. The fourth-order valence-electron chi connectivity index (χ4n) is 1.91. The van der Waals surface area contributed by atoms with Crippen molar-refractivity contribution in [3.8, 4) is 0 Å². The molecule has 2 rings (SSSR count). The Kier molecular flexibility index (Phi) is 3.62. The van der Waals surface area contributed by atoms with Crippen molar-refractivity contribution in [2.75, 3.05) is 0 Å². The van der Waals surface area contributed by atoms with Gasteiger partial charge in [0.2, 0.25) is 0 Å². The average Bonchev–Trinajstić information content (AvgIpc) is 2.73. The van der Waals surface area contributed by atoms with Gasteiger partial charge in [0.05, 0.1) is 0 Å². The molecule has 0 saturated heterocycles. The predicted molar refractivity (Wildman–Crippen MR) is 73.0 cm³/mol. The fraction of sp³-hybridized carbons (Fsp3) is 0.429. The van der Waals surface area contributed by atoms with Crippen LogP contribution in [-0.2, 0) is 6.42 Å². The number of benzene rings is 1. The first-order valence-electron chi connectivity index (χ1n) is 5.89. The summed E-state index contributed by atoms with van der Waals surface area (Å²) in [5.41, 5.74) is 7.53. The number of rotatable bonds is 4. The van der Waals surface area contributed by atoms with Crippen molar-refractivity contribution in [1.82, 2.24) is 0 Å². The Labute approximate surface area is 101 Å². The molecule has 1 aromatic carbocycles. The van der Waals surface area contributed by atoms with E-state index in [4.69, 9.17) is 5.73 Å². The number of thiophene rings is 1. The molecule has 0 spiro atoms. The van der Waals surface area contributed by atoms with E-state index in [0.717, 1.165) is 12.8 Å². The Morgan fingerprint density at radius 2 is 2.06 bits per heavy atom. The Balaban J connectivity index is 2.12. The zero-order chi connectivity index (χ0) is 11.5. The third-order valence-corrected chi connectivity index (χ3v) is 4.17. The van der Waals surface area contributed by atoms with Gasteiger partial charge in [0.25, 0.3) is 0 Å². The first-order chi connectivity index (χ1) is 7.68. The molecule has 0 fully saturated rings. The van der Waals surface area contributed by atoms with Crippen LogP contribution >= 0.6 is 11.3 Å². The van der Waals surface area contributed by atoms with Crippen LogP contribution in [-0.4, -0.2) is 6.04 Å². The summed E-state index contributed by atoms with van der Waals surface area (Å²) in [6.45, 7) is 4.38. The molecule has 0 saturated carbocycles. The minimum Gasteiger partial charge on any atom is -0.327 e. The normalized spacial score (nSPS) is 13.5. The predicted octanol–water partition coefficient (Wildman–Crippen LogP) is 3.82. The summed E-state index contributed by atoms with van der Waals surface area (Å²) in [5, 5.41) is 3.52. The molecule has 16 heavy (non-hydrogen) atoms. The number of hydrogen-bond donors (Lipinski definition) is 1. The van der Waals surface area contributed by atoms with Gasteiger partial charge in [-0.05, 0) is 41.2 Å². The van der Waals surface area contributed by atoms with Crippen molar-refractivity contribution in [3.05, 3.63) is 35.2 Å². The summed E-state index contributed by atoms with van der Waals surface area (Å²) in [6.07, 6.45) is 2.17. The summed E-state index contributed by atoms with van der Waals surface area (Å²) in [6, 6.07) is 9.05. The minimum atomic E-state index is 0.315. The lowest BCUT2D eigenvalue weighted by Gasteiger charge is -2.15. The van der Waals surface area contributed by atoms with Crippen LogP contribution in [0, 0.1) is 5.92 Å². The van der Waals surface area contributed by atoms with Crippen LogP contribution in [0.5, 0.6) is 0 Å². The van der Waals surface area contributed by atoms with E-state index >= 15 is 0 Å². The van der Waals surface area contributed by atoms with Crippen LogP contribution in [0.2, 0.25) is 0 Å². The zero-order valence-corrected chi connectivity index (χ0v) is 10.8. The second-order valence-electron chi connectivity index (χ2n) is 4.70.